The molecule has 0 aliphatic carbocycles. The number of likely N-dealkylation sites (tertiary alicyclic amines) is 1. The molecule has 2 amide bonds. The van der Waals surface area contributed by atoms with Crippen LogP contribution in [-0.2, 0) is 9.53 Å². The molecule has 0 spiro atoms. The predicted octanol–water partition coefficient (Wildman–Crippen LogP) is 1.31. The summed E-state index contributed by atoms with van der Waals surface area (Å²) in [6.07, 6.45) is 3.31. The van der Waals surface area contributed by atoms with Crippen molar-refractivity contribution in [2.45, 2.75) is 39.2 Å². The Kier molecular flexibility index (Phi) is 4.52. The molecule has 2 rings (SSSR count). The molecule has 0 aromatic carbocycles. The molecule has 3 atom stereocenters. The first kappa shape index (κ1) is 15.1. The molecule has 2 heterocycles. The van der Waals surface area contributed by atoms with E-state index in [9.17, 15) is 14.7 Å². The molecule has 6 heteroatoms. The smallest absolute Gasteiger partial charge is 0.317 e. The van der Waals surface area contributed by atoms with Crippen LogP contribution in [0.3, 0.4) is 0 Å². The van der Waals surface area contributed by atoms with E-state index in [2.05, 4.69) is 12.2 Å². The Morgan fingerprint density at radius 1 is 1.50 bits per heavy atom. The molecular weight excluding hydrogens is 260 g/mol. The number of nitrogens with zero attached hydrogens (tertiary/aromatic N) is 1. The molecule has 0 radical (unpaired) electrons. The van der Waals surface area contributed by atoms with Crippen molar-refractivity contribution < 1.29 is 19.4 Å². The Morgan fingerprint density at radius 2 is 2.25 bits per heavy atom. The zero-order valence-electron chi connectivity index (χ0n) is 12.2. The summed E-state index contributed by atoms with van der Waals surface area (Å²) in [6.45, 7) is 5.71. The average molecular weight is 284 g/mol. The highest BCUT2D eigenvalue weighted by Gasteiger charge is 2.47. The summed E-state index contributed by atoms with van der Waals surface area (Å²) in [6, 6.07) is -0.621. The Morgan fingerprint density at radius 3 is 2.90 bits per heavy atom. The molecule has 0 aromatic heterocycles. The van der Waals surface area contributed by atoms with E-state index < -0.39 is 17.4 Å². The number of carboxylic acid groups (broad SMARTS) is 1. The molecule has 2 aliphatic heterocycles. The minimum absolute atomic E-state index is 0.145. The molecular formula is C14H24N2O4. The number of carbonyl (C=O) groups excluding carboxylic acids is 1. The number of rotatable bonds is 4. The van der Waals surface area contributed by atoms with Gasteiger partial charge in [0.05, 0.1) is 19.3 Å². The molecule has 6 nitrogen and oxygen atoms in total. The maximum absolute atomic E-state index is 12.2. The Labute approximate surface area is 119 Å². The van der Waals surface area contributed by atoms with Gasteiger partial charge in [0.25, 0.3) is 0 Å². The van der Waals surface area contributed by atoms with Gasteiger partial charge in [-0.15, -0.1) is 0 Å². The maximum Gasteiger partial charge on any atom is 0.317 e. The lowest BCUT2D eigenvalue weighted by atomic mass is 9.85. The molecule has 114 valence electrons. The van der Waals surface area contributed by atoms with Gasteiger partial charge in [0, 0.05) is 13.1 Å². The molecule has 2 fully saturated rings. The molecule has 0 aromatic rings. The third-order valence-corrected chi connectivity index (χ3v) is 4.51. The molecule has 2 saturated heterocycles. The minimum Gasteiger partial charge on any atom is -0.481 e. The first-order chi connectivity index (χ1) is 9.47. The fourth-order valence-electron chi connectivity index (χ4n) is 2.99. The maximum atomic E-state index is 12.2. The lowest BCUT2D eigenvalue weighted by Crippen LogP contribution is -2.53. The number of aliphatic carboxylic acids is 1. The summed E-state index contributed by atoms with van der Waals surface area (Å²) < 4.78 is 5.24. The average Bonchev–Trinajstić information content (AvgIpc) is 2.99. The Balaban J connectivity index is 1.90. The van der Waals surface area contributed by atoms with Crippen LogP contribution in [0.1, 0.15) is 33.1 Å². The minimum atomic E-state index is -1.03. The van der Waals surface area contributed by atoms with E-state index in [0.717, 1.165) is 32.4 Å². The van der Waals surface area contributed by atoms with Crippen molar-refractivity contribution >= 4 is 12.0 Å². The molecule has 0 bridgehead atoms. The highest BCUT2D eigenvalue weighted by atomic mass is 16.5. The first-order valence-electron chi connectivity index (χ1n) is 7.34. The van der Waals surface area contributed by atoms with E-state index >= 15 is 0 Å². The van der Waals surface area contributed by atoms with Crippen molar-refractivity contribution in [3.63, 3.8) is 0 Å². The number of carboxylic acids is 1. The predicted molar refractivity (Wildman–Crippen MR) is 73.5 cm³/mol. The highest BCUT2D eigenvalue weighted by molar-refractivity contribution is 5.79. The van der Waals surface area contributed by atoms with E-state index in [1.165, 1.54) is 0 Å². The summed E-state index contributed by atoms with van der Waals surface area (Å²) in [4.78, 5) is 25.3. The normalized spacial score (nSPS) is 33.4. The zero-order chi connectivity index (χ0) is 14.8. The number of ether oxygens (including phenoxy) is 1. The van der Waals surface area contributed by atoms with Crippen LogP contribution in [0.5, 0.6) is 0 Å². The van der Waals surface area contributed by atoms with Crippen LogP contribution < -0.4 is 5.32 Å². The zero-order valence-corrected chi connectivity index (χ0v) is 12.2. The van der Waals surface area contributed by atoms with Gasteiger partial charge in [0.15, 0.2) is 0 Å². The van der Waals surface area contributed by atoms with E-state index in [4.69, 9.17) is 4.74 Å². The SMILES string of the molecule is CCCC1CCN(C(=O)NC2COCC2(C)C(=O)O)C1. The second-order valence-corrected chi connectivity index (χ2v) is 6.13. The van der Waals surface area contributed by atoms with Gasteiger partial charge in [0.1, 0.15) is 5.41 Å². The second-order valence-electron chi connectivity index (χ2n) is 6.13. The van der Waals surface area contributed by atoms with Crippen molar-refractivity contribution in [2.75, 3.05) is 26.3 Å². The van der Waals surface area contributed by atoms with Crippen molar-refractivity contribution in [2.24, 2.45) is 11.3 Å². The Hall–Kier alpha value is -1.30. The number of carbonyl (C=O) groups is 2. The Bertz CT molecular complexity index is 387. The fourth-order valence-corrected chi connectivity index (χ4v) is 2.99. The van der Waals surface area contributed by atoms with Crippen LogP contribution in [-0.4, -0.2) is 54.4 Å². The van der Waals surface area contributed by atoms with Crippen molar-refractivity contribution in [1.29, 1.82) is 0 Å². The van der Waals surface area contributed by atoms with E-state index in [1.54, 1.807) is 11.8 Å². The lowest BCUT2D eigenvalue weighted by Gasteiger charge is -2.27. The van der Waals surface area contributed by atoms with Crippen LogP contribution in [0.4, 0.5) is 4.79 Å². The highest BCUT2D eigenvalue weighted by Crippen LogP contribution is 2.29. The number of hydrogen-bond donors (Lipinski definition) is 2. The molecule has 2 N–H and O–H groups in total. The van der Waals surface area contributed by atoms with Gasteiger partial charge in [-0.3, -0.25) is 4.79 Å². The summed E-state index contributed by atoms with van der Waals surface area (Å²) in [5.74, 6) is -0.345. The lowest BCUT2D eigenvalue weighted by molar-refractivity contribution is -0.148. The van der Waals surface area contributed by atoms with Crippen LogP contribution in [0.25, 0.3) is 0 Å². The summed E-state index contributed by atoms with van der Waals surface area (Å²) in [7, 11) is 0. The summed E-state index contributed by atoms with van der Waals surface area (Å²) in [5.41, 5.74) is -1.03. The van der Waals surface area contributed by atoms with Crippen LogP contribution >= 0.6 is 0 Å². The monoisotopic (exact) mass is 284 g/mol. The molecule has 3 unspecified atom stereocenters. The van der Waals surface area contributed by atoms with Crippen molar-refractivity contribution in [3.05, 3.63) is 0 Å². The van der Waals surface area contributed by atoms with Crippen molar-refractivity contribution in [1.82, 2.24) is 10.2 Å². The largest absolute Gasteiger partial charge is 0.481 e. The topological polar surface area (TPSA) is 78.9 Å². The second kappa shape index (κ2) is 5.99. The van der Waals surface area contributed by atoms with Gasteiger partial charge in [-0.2, -0.15) is 0 Å². The molecule has 2 aliphatic rings. The standard InChI is InChI=1S/C14H24N2O4/c1-3-4-10-5-6-16(7-10)13(19)15-11-8-20-9-14(11,2)12(17)18/h10-11H,3-9H2,1-2H3,(H,15,19)(H,17,18). The van der Waals surface area contributed by atoms with Gasteiger partial charge in [-0.05, 0) is 25.7 Å². The molecule has 0 saturated carbocycles. The van der Waals surface area contributed by atoms with Crippen LogP contribution in [0.2, 0.25) is 0 Å². The summed E-state index contributed by atoms with van der Waals surface area (Å²) >= 11 is 0. The van der Waals surface area contributed by atoms with Gasteiger partial charge < -0.3 is 20.1 Å². The third kappa shape index (κ3) is 2.90. The quantitative estimate of drug-likeness (QED) is 0.816. The van der Waals surface area contributed by atoms with Crippen LogP contribution in [0, 0.1) is 11.3 Å². The summed E-state index contributed by atoms with van der Waals surface area (Å²) in [5, 5.41) is 12.1. The van der Waals surface area contributed by atoms with E-state index in [-0.39, 0.29) is 19.2 Å². The van der Waals surface area contributed by atoms with E-state index in [0.29, 0.717) is 5.92 Å². The van der Waals surface area contributed by atoms with Gasteiger partial charge in [-0.25, -0.2) is 4.79 Å². The number of amides is 2. The molecule has 20 heavy (non-hydrogen) atoms. The number of hydrogen-bond acceptors (Lipinski definition) is 3. The van der Waals surface area contributed by atoms with Crippen molar-refractivity contribution in [3.8, 4) is 0 Å². The van der Waals surface area contributed by atoms with E-state index in [1.807, 2.05) is 0 Å². The van der Waals surface area contributed by atoms with Crippen LogP contribution in [0.15, 0.2) is 0 Å². The van der Waals surface area contributed by atoms with Gasteiger partial charge in [0.2, 0.25) is 0 Å². The van der Waals surface area contributed by atoms with Gasteiger partial charge >= 0.3 is 12.0 Å². The number of urea groups is 1. The number of nitrogens with one attached hydrogen (secondary N) is 1. The third-order valence-electron chi connectivity index (χ3n) is 4.51. The fraction of sp³-hybridized carbons (Fsp3) is 0.857. The van der Waals surface area contributed by atoms with Gasteiger partial charge in [-0.1, -0.05) is 13.3 Å². The first-order valence-corrected chi connectivity index (χ1v) is 7.34.